The molecule has 0 aliphatic carbocycles. The van der Waals surface area contributed by atoms with Crippen LogP contribution in [0.1, 0.15) is 0 Å². The zero-order valence-electron chi connectivity index (χ0n) is 5.56. The number of carboxylic acid groups (broad SMARTS) is 1. The standard InChI is InChI=1S/C5H8O6/c6-1-2-11-5(10)3(7)4(8)9/h3,6-7H,1-2H2,(H,8,9). The third-order valence-corrected chi connectivity index (χ3v) is 0.793. The highest BCUT2D eigenvalue weighted by molar-refractivity contribution is 5.96. The van der Waals surface area contributed by atoms with E-state index in [1.54, 1.807) is 0 Å². The normalized spacial score (nSPS) is 12.2. The Morgan fingerprint density at radius 1 is 1.45 bits per heavy atom. The Morgan fingerprint density at radius 3 is 2.36 bits per heavy atom. The molecular weight excluding hydrogens is 156 g/mol. The molecule has 0 aliphatic rings. The smallest absolute Gasteiger partial charge is 0.346 e. The topological polar surface area (TPSA) is 104 Å². The van der Waals surface area contributed by atoms with Crippen molar-refractivity contribution >= 4 is 11.9 Å². The molecule has 0 amide bonds. The van der Waals surface area contributed by atoms with Crippen LogP contribution in [0.5, 0.6) is 0 Å². The lowest BCUT2D eigenvalue weighted by atomic mass is 10.4. The Hall–Kier alpha value is -1.14. The van der Waals surface area contributed by atoms with Crippen molar-refractivity contribution in [2.24, 2.45) is 0 Å². The number of esters is 1. The van der Waals surface area contributed by atoms with Crippen molar-refractivity contribution in [3.8, 4) is 0 Å². The molecule has 0 aromatic heterocycles. The molecule has 0 radical (unpaired) electrons. The molecule has 0 bridgehead atoms. The lowest BCUT2D eigenvalue weighted by Gasteiger charge is -2.04. The second-order valence-electron chi connectivity index (χ2n) is 1.63. The zero-order valence-corrected chi connectivity index (χ0v) is 5.56. The van der Waals surface area contributed by atoms with Gasteiger partial charge in [-0.3, -0.25) is 0 Å². The van der Waals surface area contributed by atoms with Gasteiger partial charge in [0.15, 0.2) is 0 Å². The quantitative estimate of drug-likeness (QED) is 0.327. The first-order valence-corrected chi connectivity index (χ1v) is 2.78. The van der Waals surface area contributed by atoms with E-state index in [1.165, 1.54) is 0 Å². The van der Waals surface area contributed by atoms with Crippen molar-refractivity contribution in [3.05, 3.63) is 0 Å². The van der Waals surface area contributed by atoms with E-state index >= 15 is 0 Å². The first-order chi connectivity index (χ1) is 5.09. The largest absolute Gasteiger partial charge is 0.479 e. The summed E-state index contributed by atoms with van der Waals surface area (Å²) in [5.41, 5.74) is 0. The molecule has 6 heteroatoms. The number of aliphatic carboxylic acids is 1. The molecule has 11 heavy (non-hydrogen) atoms. The predicted octanol–water partition coefficient (Wildman–Crippen LogP) is -2.03. The van der Waals surface area contributed by atoms with Crippen LogP contribution in [0.3, 0.4) is 0 Å². The fourth-order valence-corrected chi connectivity index (χ4v) is 0.326. The van der Waals surface area contributed by atoms with Gasteiger partial charge >= 0.3 is 11.9 Å². The van der Waals surface area contributed by atoms with Crippen LogP contribution in [0.25, 0.3) is 0 Å². The number of rotatable bonds is 4. The molecular formula is C5H8O6. The molecule has 3 N–H and O–H groups in total. The highest BCUT2D eigenvalue weighted by Gasteiger charge is 2.24. The summed E-state index contributed by atoms with van der Waals surface area (Å²) >= 11 is 0. The van der Waals surface area contributed by atoms with Gasteiger partial charge in [0, 0.05) is 0 Å². The maximum absolute atomic E-state index is 10.4. The SMILES string of the molecule is O=C(O)C(O)C(=O)OCCO. The Kier molecular flexibility index (Phi) is 4.16. The molecule has 0 aliphatic heterocycles. The molecule has 1 unspecified atom stereocenters. The van der Waals surface area contributed by atoms with Crippen LogP contribution in [0.15, 0.2) is 0 Å². The van der Waals surface area contributed by atoms with Crippen LogP contribution in [-0.2, 0) is 14.3 Å². The molecule has 0 saturated carbocycles. The highest BCUT2D eigenvalue weighted by atomic mass is 16.6. The average molecular weight is 164 g/mol. The number of hydrogen-bond donors (Lipinski definition) is 3. The maximum Gasteiger partial charge on any atom is 0.346 e. The average Bonchev–Trinajstić information content (AvgIpc) is 1.98. The van der Waals surface area contributed by atoms with Gasteiger partial charge in [-0.2, -0.15) is 0 Å². The predicted molar refractivity (Wildman–Crippen MR) is 31.7 cm³/mol. The summed E-state index contributed by atoms with van der Waals surface area (Å²) < 4.78 is 4.09. The summed E-state index contributed by atoms with van der Waals surface area (Å²) in [6.07, 6.45) is -2.17. The fraction of sp³-hybridized carbons (Fsp3) is 0.600. The van der Waals surface area contributed by atoms with Gasteiger partial charge in [0.2, 0.25) is 6.10 Å². The Bertz CT molecular complexity index is 153. The van der Waals surface area contributed by atoms with E-state index in [2.05, 4.69) is 4.74 Å². The molecule has 1 atom stereocenters. The number of carboxylic acids is 1. The lowest BCUT2D eigenvalue weighted by molar-refractivity contribution is -0.165. The van der Waals surface area contributed by atoms with Crippen molar-refractivity contribution in [3.63, 3.8) is 0 Å². The van der Waals surface area contributed by atoms with Crippen molar-refractivity contribution in [1.29, 1.82) is 0 Å². The van der Waals surface area contributed by atoms with E-state index in [4.69, 9.17) is 15.3 Å². The van der Waals surface area contributed by atoms with Gasteiger partial charge in [-0.1, -0.05) is 0 Å². The molecule has 0 fully saturated rings. The number of aliphatic hydroxyl groups excluding tert-OH is 2. The van der Waals surface area contributed by atoms with Gasteiger partial charge in [-0.25, -0.2) is 9.59 Å². The molecule has 0 spiro atoms. The van der Waals surface area contributed by atoms with Crippen LogP contribution < -0.4 is 0 Å². The summed E-state index contributed by atoms with van der Waals surface area (Å²) in [5, 5.41) is 24.6. The molecule has 0 heterocycles. The van der Waals surface area contributed by atoms with Crippen molar-refractivity contribution in [2.45, 2.75) is 6.10 Å². The minimum absolute atomic E-state index is 0.316. The van der Waals surface area contributed by atoms with E-state index in [0.29, 0.717) is 0 Å². The van der Waals surface area contributed by atoms with Crippen LogP contribution in [0.4, 0.5) is 0 Å². The first kappa shape index (κ1) is 9.86. The second kappa shape index (κ2) is 4.64. The number of hydrogen-bond acceptors (Lipinski definition) is 5. The van der Waals surface area contributed by atoms with Crippen LogP contribution >= 0.6 is 0 Å². The van der Waals surface area contributed by atoms with E-state index in [0.717, 1.165) is 0 Å². The minimum Gasteiger partial charge on any atom is -0.479 e. The Labute approximate surface area is 62.0 Å². The molecule has 64 valence electrons. The summed E-state index contributed by atoms with van der Waals surface area (Å²) in [6.45, 7) is -0.721. The number of carbonyl (C=O) groups excluding carboxylic acids is 1. The van der Waals surface area contributed by atoms with Gasteiger partial charge in [-0.05, 0) is 0 Å². The van der Waals surface area contributed by atoms with Crippen LogP contribution in [-0.4, -0.2) is 46.6 Å². The summed E-state index contributed by atoms with van der Waals surface area (Å²) in [5.74, 6) is -2.94. The lowest BCUT2D eigenvalue weighted by Crippen LogP contribution is -2.31. The summed E-state index contributed by atoms with van der Waals surface area (Å²) in [6, 6.07) is 0. The van der Waals surface area contributed by atoms with Gasteiger partial charge in [-0.15, -0.1) is 0 Å². The minimum atomic E-state index is -2.17. The highest BCUT2D eigenvalue weighted by Crippen LogP contribution is 1.87. The van der Waals surface area contributed by atoms with Crippen LogP contribution in [0.2, 0.25) is 0 Å². The van der Waals surface area contributed by atoms with E-state index in [-0.39, 0.29) is 6.61 Å². The maximum atomic E-state index is 10.4. The fourth-order valence-electron chi connectivity index (χ4n) is 0.326. The Balaban J connectivity index is 3.74. The summed E-state index contributed by atoms with van der Waals surface area (Å²) in [4.78, 5) is 20.3. The van der Waals surface area contributed by atoms with Crippen LogP contribution in [0, 0.1) is 0 Å². The van der Waals surface area contributed by atoms with Crippen molar-refractivity contribution in [2.75, 3.05) is 13.2 Å². The molecule has 0 aromatic rings. The van der Waals surface area contributed by atoms with Gasteiger partial charge in [0.1, 0.15) is 6.61 Å². The number of ether oxygens (including phenoxy) is 1. The molecule has 0 rings (SSSR count). The van der Waals surface area contributed by atoms with Gasteiger partial charge in [0.05, 0.1) is 6.61 Å². The monoisotopic (exact) mass is 164 g/mol. The van der Waals surface area contributed by atoms with E-state index < -0.39 is 24.6 Å². The molecule has 6 nitrogen and oxygen atoms in total. The van der Waals surface area contributed by atoms with E-state index in [9.17, 15) is 9.59 Å². The number of carbonyl (C=O) groups is 2. The van der Waals surface area contributed by atoms with Crippen molar-refractivity contribution < 1.29 is 29.6 Å². The third kappa shape index (κ3) is 3.54. The summed E-state index contributed by atoms with van der Waals surface area (Å²) in [7, 11) is 0. The number of aliphatic hydroxyl groups is 2. The first-order valence-electron chi connectivity index (χ1n) is 2.78. The van der Waals surface area contributed by atoms with Gasteiger partial charge in [0.25, 0.3) is 0 Å². The second-order valence-corrected chi connectivity index (χ2v) is 1.63. The molecule has 0 saturated heterocycles. The third-order valence-electron chi connectivity index (χ3n) is 0.793. The Morgan fingerprint density at radius 2 is 2.00 bits per heavy atom. The van der Waals surface area contributed by atoms with Gasteiger partial charge < -0.3 is 20.1 Å². The zero-order chi connectivity index (χ0) is 8.85. The van der Waals surface area contributed by atoms with Crippen molar-refractivity contribution in [1.82, 2.24) is 0 Å². The van der Waals surface area contributed by atoms with E-state index in [1.807, 2.05) is 0 Å². The molecule has 0 aromatic carbocycles.